The minimum Gasteiger partial charge on any atom is -0.457 e. The van der Waals surface area contributed by atoms with Crippen LogP contribution in [0.2, 0.25) is 0 Å². The van der Waals surface area contributed by atoms with E-state index in [9.17, 15) is 48.3 Å². The van der Waals surface area contributed by atoms with Gasteiger partial charge in [-0.2, -0.15) is 48.3 Å². The van der Waals surface area contributed by atoms with E-state index in [0.29, 0.717) is 34.2 Å². The Morgan fingerprint density at radius 1 is 0.257 bits per heavy atom. The molecule has 0 heterocycles. The van der Waals surface area contributed by atoms with Crippen LogP contribution >= 0.6 is 0 Å². The van der Waals surface area contributed by atoms with Crippen molar-refractivity contribution in [2.75, 3.05) is 22.9 Å². The maximum atomic E-state index is 16.2. The molecule has 0 aliphatic carbocycles. The first-order valence-corrected chi connectivity index (χ1v) is 21.6. The third-order valence-electron chi connectivity index (χ3n) is 11.1. The lowest BCUT2D eigenvalue weighted by atomic mass is 9.73. The Hall–Kier alpha value is -8.68. The average molecular weight is 1040 g/mol. The van der Waals surface area contributed by atoms with Gasteiger partial charge in [0, 0.05) is 46.0 Å². The third-order valence-corrected chi connectivity index (χ3v) is 11.1. The van der Waals surface area contributed by atoms with Gasteiger partial charge in [0.1, 0.15) is 46.0 Å². The van der Waals surface area contributed by atoms with Gasteiger partial charge in [-0.1, -0.05) is 60.7 Å². The zero-order valence-electron chi connectivity index (χ0n) is 38.0. The summed E-state index contributed by atoms with van der Waals surface area (Å²) in [5.41, 5.74) is 11.9. The highest BCUT2D eigenvalue weighted by Crippen LogP contribution is 2.57. The molecule has 20 heteroatoms. The summed E-state index contributed by atoms with van der Waals surface area (Å²) in [6.07, 6.45) is -17.6. The highest BCUT2D eigenvalue weighted by molar-refractivity contribution is 5.52. The van der Waals surface area contributed by atoms with Crippen LogP contribution in [0.15, 0.2) is 194 Å². The van der Waals surface area contributed by atoms with Crippen LogP contribution in [0.25, 0.3) is 0 Å². The van der Waals surface area contributed by atoms with Gasteiger partial charge in [0.2, 0.25) is 11.1 Å². The molecule has 74 heavy (non-hydrogen) atoms. The molecule has 0 aliphatic heterocycles. The number of nitrogen functional groups attached to an aromatic ring is 4. The molecule has 8 rings (SSSR count). The summed E-state index contributed by atoms with van der Waals surface area (Å²) in [4.78, 5) is 0. The maximum Gasteiger partial charge on any atom is 0.457 e. The van der Waals surface area contributed by atoms with Crippen LogP contribution in [-0.2, 0) is 11.1 Å². The smallest absolute Gasteiger partial charge is 0.457 e. The quantitative estimate of drug-likeness (QED) is 0.0661. The van der Waals surface area contributed by atoms with Crippen LogP contribution in [-0.4, -0.2) is 24.5 Å². The van der Waals surface area contributed by atoms with E-state index in [0.717, 1.165) is 97.1 Å². The molecule has 8 aromatic carbocycles. The Morgan fingerprint density at radius 3 is 0.770 bits per heavy atom. The van der Waals surface area contributed by atoms with Crippen LogP contribution in [0.4, 0.5) is 75.4 Å². The normalized spacial score (nSPS) is 12.3. The minimum absolute atomic E-state index is 0.0403. The van der Waals surface area contributed by atoms with Gasteiger partial charge < -0.3 is 41.9 Å². The first-order valence-electron chi connectivity index (χ1n) is 21.6. The highest BCUT2D eigenvalue weighted by atomic mass is 19.4. The van der Waals surface area contributed by atoms with Gasteiger partial charge in [0.25, 0.3) is 0 Å². The predicted molar refractivity (Wildman–Crippen MR) is 255 cm³/mol. The molecule has 0 spiro atoms. The lowest BCUT2D eigenvalue weighted by Gasteiger charge is -2.38. The molecule has 8 nitrogen and oxygen atoms in total. The van der Waals surface area contributed by atoms with Crippen LogP contribution < -0.4 is 41.9 Å². The Kier molecular flexibility index (Phi) is 14.9. The number of ether oxygens (including phenoxy) is 4. The fourth-order valence-electron chi connectivity index (χ4n) is 7.53. The molecule has 0 atom stereocenters. The van der Waals surface area contributed by atoms with Crippen molar-refractivity contribution in [3.63, 3.8) is 0 Å². The number of benzene rings is 8. The molecule has 8 N–H and O–H groups in total. The zero-order chi connectivity index (χ0) is 53.7. The molecular weight excluding hydrogens is 997 g/mol. The summed E-state index contributed by atoms with van der Waals surface area (Å²) < 4.78 is 195. The Bertz CT molecular complexity index is 2940. The molecule has 0 aromatic heterocycles. The maximum absolute atomic E-state index is 16.2. The van der Waals surface area contributed by atoms with E-state index < -0.39 is 57.8 Å². The minimum atomic E-state index is -6.18. The molecule has 0 saturated carbocycles. The van der Waals surface area contributed by atoms with Gasteiger partial charge in [-0.3, -0.25) is 0 Å². The molecule has 0 fully saturated rings. The standard InChI is InChI=1S/2C27H20F6N2O2/c28-25(26(29,30)27(31,32)33,17-1-9-21(10-2-17)36-23-13-5-19(34)6-14-23)18-3-11-22(12-4-18)37-24-15-7-20(35)8-16-24;28-26(29,30)25(27(31,32)33,17-7-11-21(12-8-17)36-23-5-1-3-19(34)15-23)18-9-13-22(14-10-18)37-24-6-2-4-20(35)16-24/h2*1-16H,34-35H2. The summed E-state index contributed by atoms with van der Waals surface area (Å²) >= 11 is 0. The van der Waals surface area contributed by atoms with Gasteiger partial charge in [0.05, 0.1) is 0 Å². The van der Waals surface area contributed by atoms with E-state index in [2.05, 4.69) is 0 Å². The van der Waals surface area contributed by atoms with Crippen molar-refractivity contribution >= 4 is 22.7 Å². The molecule has 0 bridgehead atoms. The second-order valence-corrected chi connectivity index (χ2v) is 16.3. The van der Waals surface area contributed by atoms with Crippen molar-refractivity contribution in [3.05, 3.63) is 216 Å². The summed E-state index contributed by atoms with van der Waals surface area (Å²) in [6, 6.07) is 39.7. The van der Waals surface area contributed by atoms with E-state index in [1.807, 2.05) is 0 Å². The summed E-state index contributed by atoms with van der Waals surface area (Å²) in [7, 11) is 0. The van der Waals surface area contributed by atoms with E-state index in [4.69, 9.17) is 41.9 Å². The largest absolute Gasteiger partial charge is 0.457 e. The Labute approximate surface area is 414 Å². The third kappa shape index (κ3) is 11.3. The number of rotatable bonds is 13. The lowest BCUT2D eigenvalue weighted by Crippen LogP contribution is -2.54. The predicted octanol–water partition coefficient (Wildman–Crippen LogP) is 15.7. The Morgan fingerprint density at radius 2 is 0.514 bits per heavy atom. The Balaban J connectivity index is 0.000000216. The van der Waals surface area contributed by atoms with Gasteiger partial charge in [-0.25, -0.2) is 4.39 Å². The van der Waals surface area contributed by atoms with Crippen molar-refractivity contribution in [3.8, 4) is 46.0 Å². The van der Waals surface area contributed by atoms with E-state index in [-0.39, 0.29) is 34.5 Å². The average Bonchev–Trinajstić information content (AvgIpc) is 3.33. The second kappa shape index (κ2) is 20.8. The van der Waals surface area contributed by atoms with E-state index in [1.54, 1.807) is 60.7 Å². The van der Waals surface area contributed by atoms with Crippen LogP contribution in [0.1, 0.15) is 22.3 Å². The van der Waals surface area contributed by atoms with Crippen LogP contribution in [0, 0.1) is 0 Å². The van der Waals surface area contributed by atoms with Crippen molar-refractivity contribution < 1.29 is 71.6 Å². The molecular formula is C54H40F12N4O4. The zero-order valence-corrected chi connectivity index (χ0v) is 38.0. The molecule has 8 aromatic rings. The second-order valence-electron chi connectivity index (χ2n) is 16.3. The van der Waals surface area contributed by atoms with Crippen molar-refractivity contribution in [1.29, 1.82) is 0 Å². The van der Waals surface area contributed by atoms with Crippen molar-refractivity contribution in [2.24, 2.45) is 0 Å². The number of anilines is 4. The van der Waals surface area contributed by atoms with Gasteiger partial charge in [-0.15, -0.1) is 0 Å². The molecule has 0 aliphatic rings. The first kappa shape index (κ1) is 53.1. The van der Waals surface area contributed by atoms with Gasteiger partial charge in [-0.05, 0) is 132 Å². The van der Waals surface area contributed by atoms with Gasteiger partial charge >= 0.3 is 24.5 Å². The molecule has 384 valence electrons. The summed E-state index contributed by atoms with van der Waals surface area (Å²) in [5, 5.41) is 0. The van der Waals surface area contributed by atoms with E-state index >= 15 is 4.39 Å². The molecule has 0 amide bonds. The number of hydrogen-bond donors (Lipinski definition) is 4. The van der Waals surface area contributed by atoms with E-state index in [1.165, 1.54) is 36.4 Å². The monoisotopic (exact) mass is 1040 g/mol. The fourth-order valence-corrected chi connectivity index (χ4v) is 7.53. The summed E-state index contributed by atoms with van der Waals surface area (Å²) in [6.45, 7) is 0. The number of hydrogen-bond acceptors (Lipinski definition) is 8. The topological polar surface area (TPSA) is 141 Å². The van der Waals surface area contributed by atoms with Crippen molar-refractivity contribution in [2.45, 2.75) is 35.5 Å². The van der Waals surface area contributed by atoms with Crippen LogP contribution in [0.3, 0.4) is 0 Å². The highest BCUT2D eigenvalue weighted by Gasteiger charge is 2.73. The van der Waals surface area contributed by atoms with Crippen LogP contribution in [0.5, 0.6) is 46.0 Å². The lowest BCUT2D eigenvalue weighted by molar-refractivity contribution is -0.323. The number of alkyl halides is 12. The molecule has 0 unspecified atom stereocenters. The SMILES string of the molecule is Nc1ccc(Oc2ccc(C(F)(c3ccc(Oc4ccc(N)cc4)cc3)C(F)(F)C(F)(F)F)cc2)cc1.Nc1cccc(Oc2ccc(C(c3ccc(Oc4cccc(N)c4)cc3)(C(F)(F)F)C(F)(F)F)cc2)c1. The van der Waals surface area contributed by atoms with Gasteiger partial charge in [0.15, 0.2) is 0 Å². The number of halogens is 12. The molecule has 0 radical (unpaired) electrons. The fraction of sp³-hybridized carbons (Fsp3) is 0.111. The molecule has 0 saturated heterocycles. The summed E-state index contributed by atoms with van der Waals surface area (Å²) in [5.74, 6) is -4.26. The van der Waals surface area contributed by atoms with Crippen molar-refractivity contribution in [1.82, 2.24) is 0 Å². The number of nitrogens with two attached hydrogens (primary N) is 4. The first-order chi connectivity index (χ1) is 34.8.